The summed E-state index contributed by atoms with van der Waals surface area (Å²) in [4.78, 5) is 26.4. The number of ketones is 1. The van der Waals surface area contributed by atoms with Gasteiger partial charge in [0.1, 0.15) is 6.29 Å². The number of halogens is 6. The van der Waals surface area contributed by atoms with Crippen molar-refractivity contribution in [3.05, 3.63) is 89.4 Å². The number of carbonyl (C=O) groups excluding carboxylic acids is 2. The molecule has 0 fully saturated rings. The third-order valence-electron chi connectivity index (χ3n) is 7.90. The van der Waals surface area contributed by atoms with Crippen molar-refractivity contribution in [3.63, 3.8) is 0 Å². The molecule has 2 nitrogen and oxygen atoms in total. The zero-order valence-electron chi connectivity index (χ0n) is 22.6. The van der Waals surface area contributed by atoms with Crippen LogP contribution < -0.4 is 0 Å². The van der Waals surface area contributed by atoms with Gasteiger partial charge in [-0.05, 0) is 75.8 Å². The normalized spacial score (nSPS) is 23.1. The van der Waals surface area contributed by atoms with Crippen LogP contribution >= 0.6 is 22.7 Å². The molecular weight excluding hydrogens is 582 g/mol. The lowest BCUT2D eigenvalue weighted by molar-refractivity contribution is -0.254. The SMILES string of the molecule is CC1=C(C(=O)C2=C(C=O)CCC=C2)CC(c2cc(C3=C(c4cc(C)sc4C)C(F)(F)C(F)(F)C3(F)F)c(C)s2)C=C1. The number of aryl methyl sites for hydroxylation is 3. The van der Waals surface area contributed by atoms with Crippen LogP contribution in [0.4, 0.5) is 26.3 Å². The highest BCUT2D eigenvalue weighted by molar-refractivity contribution is 7.12. The fraction of sp³-hybridized carbons (Fsp3) is 0.355. The first-order chi connectivity index (χ1) is 19.1. The van der Waals surface area contributed by atoms with Gasteiger partial charge in [-0.2, -0.15) is 26.3 Å². The van der Waals surface area contributed by atoms with Crippen LogP contribution in [0.2, 0.25) is 0 Å². The van der Waals surface area contributed by atoms with Gasteiger partial charge in [0.05, 0.1) is 0 Å². The minimum absolute atomic E-state index is 0.182. The molecule has 0 aromatic carbocycles. The maximum Gasteiger partial charge on any atom is 0.380 e. The Hall–Kier alpha value is -2.98. The zero-order valence-corrected chi connectivity index (χ0v) is 24.3. The molecule has 0 N–H and O–H groups in total. The van der Waals surface area contributed by atoms with E-state index in [-0.39, 0.29) is 33.1 Å². The summed E-state index contributed by atoms with van der Waals surface area (Å²) in [5.41, 5.74) is -1.51. The molecular formula is C31H26F6O2S2. The minimum Gasteiger partial charge on any atom is -0.298 e. The summed E-state index contributed by atoms with van der Waals surface area (Å²) in [7, 11) is 0. The van der Waals surface area contributed by atoms with Crippen LogP contribution in [0, 0.1) is 20.8 Å². The maximum absolute atomic E-state index is 15.4. The molecule has 10 heteroatoms. The first-order valence-corrected chi connectivity index (χ1v) is 14.6. The van der Waals surface area contributed by atoms with E-state index < -0.39 is 34.8 Å². The number of hydrogen-bond acceptors (Lipinski definition) is 4. The van der Waals surface area contributed by atoms with E-state index >= 15 is 17.6 Å². The summed E-state index contributed by atoms with van der Waals surface area (Å²) >= 11 is 2.12. The number of hydrogen-bond donors (Lipinski definition) is 0. The Kier molecular flexibility index (Phi) is 7.26. The molecule has 0 saturated carbocycles. The van der Waals surface area contributed by atoms with E-state index in [4.69, 9.17) is 0 Å². The summed E-state index contributed by atoms with van der Waals surface area (Å²) in [5, 5.41) is 0. The zero-order chi connectivity index (χ0) is 30.1. The number of allylic oxidation sites excluding steroid dienone is 10. The second-order valence-corrected chi connectivity index (χ2v) is 13.3. The lowest BCUT2D eigenvalue weighted by Gasteiger charge is -2.25. The molecule has 41 heavy (non-hydrogen) atoms. The van der Waals surface area contributed by atoms with Crippen molar-refractivity contribution in [3.8, 4) is 0 Å². The number of carbonyl (C=O) groups is 2. The standard InChI is InChI=1S/C31H26F6O2S2/c1-15-9-10-19(12-22(15)28(39)21-8-6-5-7-20(21)14-38)25-13-24(18(4)41-25)27-26(23-11-16(2)40-17(23)3)29(32,33)31(36,37)30(27,34)35/h6,8-11,13-14,19H,5,7,12H2,1-4H3. The predicted octanol–water partition coefficient (Wildman–Crippen LogP) is 9.34. The summed E-state index contributed by atoms with van der Waals surface area (Å²) in [6, 6.07) is 2.53. The summed E-state index contributed by atoms with van der Waals surface area (Å²) in [5.74, 6) is -16.6. The number of aldehydes is 1. The van der Waals surface area contributed by atoms with Crippen molar-refractivity contribution in [2.24, 2.45) is 0 Å². The van der Waals surface area contributed by atoms with E-state index in [2.05, 4.69) is 0 Å². The van der Waals surface area contributed by atoms with Crippen LogP contribution in [0.1, 0.15) is 62.7 Å². The van der Waals surface area contributed by atoms with Gasteiger partial charge in [-0.15, -0.1) is 22.7 Å². The predicted molar refractivity (Wildman–Crippen MR) is 150 cm³/mol. The molecule has 2 aromatic heterocycles. The molecule has 2 heterocycles. The van der Waals surface area contributed by atoms with Gasteiger partial charge in [0.2, 0.25) is 0 Å². The number of alkyl halides is 6. The van der Waals surface area contributed by atoms with E-state index in [9.17, 15) is 18.4 Å². The first kappa shape index (κ1) is 29.5. The van der Waals surface area contributed by atoms with Gasteiger partial charge in [-0.25, -0.2) is 0 Å². The van der Waals surface area contributed by atoms with Crippen LogP contribution in [0.25, 0.3) is 11.1 Å². The molecule has 0 aliphatic heterocycles. The Bertz CT molecular complexity index is 1630. The molecule has 0 radical (unpaired) electrons. The van der Waals surface area contributed by atoms with Gasteiger partial charge in [0.15, 0.2) is 5.78 Å². The molecule has 0 spiro atoms. The Labute approximate surface area is 241 Å². The maximum atomic E-state index is 15.4. The van der Waals surface area contributed by atoms with Crippen LogP contribution in [0.15, 0.2) is 58.7 Å². The van der Waals surface area contributed by atoms with E-state index in [0.29, 0.717) is 51.2 Å². The molecule has 2 aromatic rings. The highest BCUT2D eigenvalue weighted by atomic mass is 32.1. The molecule has 3 aliphatic carbocycles. The number of rotatable bonds is 6. The molecule has 1 unspecified atom stereocenters. The Balaban J connectivity index is 1.59. The van der Waals surface area contributed by atoms with Crippen LogP contribution in [0.3, 0.4) is 0 Å². The van der Waals surface area contributed by atoms with Gasteiger partial charge in [-0.1, -0.05) is 24.3 Å². The second-order valence-electron chi connectivity index (χ2n) is 10.6. The average molecular weight is 609 g/mol. The highest BCUT2D eigenvalue weighted by Crippen LogP contribution is 2.66. The van der Waals surface area contributed by atoms with Crippen LogP contribution in [-0.2, 0) is 9.59 Å². The topological polar surface area (TPSA) is 34.1 Å². The summed E-state index contributed by atoms with van der Waals surface area (Å²) < 4.78 is 90.8. The van der Waals surface area contributed by atoms with Crippen molar-refractivity contribution in [2.75, 3.05) is 0 Å². The molecule has 0 bridgehead atoms. The fourth-order valence-electron chi connectivity index (χ4n) is 5.71. The van der Waals surface area contributed by atoms with Gasteiger partial charge in [-0.3, -0.25) is 9.59 Å². The van der Waals surface area contributed by atoms with E-state index in [1.165, 1.54) is 26.0 Å². The second kappa shape index (κ2) is 10.1. The van der Waals surface area contributed by atoms with Crippen molar-refractivity contribution < 1.29 is 35.9 Å². The first-order valence-electron chi connectivity index (χ1n) is 13.0. The third-order valence-corrected chi connectivity index (χ3v) is 10.0. The largest absolute Gasteiger partial charge is 0.380 e. The fourth-order valence-corrected chi connectivity index (χ4v) is 7.76. The Morgan fingerprint density at radius 1 is 0.902 bits per heavy atom. The van der Waals surface area contributed by atoms with Crippen LogP contribution in [-0.4, -0.2) is 29.8 Å². The van der Waals surface area contributed by atoms with E-state index in [1.807, 2.05) is 6.08 Å². The third kappa shape index (κ3) is 4.45. The lowest BCUT2D eigenvalue weighted by atomic mass is 9.82. The summed E-state index contributed by atoms with van der Waals surface area (Å²) in [6.07, 6.45) is 8.90. The van der Waals surface area contributed by atoms with E-state index in [1.54, 1.807) is 32.1 Å². The Morgan fingerprint density at radius 3 is 2.10 bits per heavy atom. The molecule has 0 amide bonds. The quantitative estimate of drug-likeness (QED) is 0.242. The summed E-state index contributed by atoms with van der Waals surface area (Å²) in [6.45, 7) is 6.24. The molecule has 216 valence electrons. The monoisotopic (exact) mass is 608 g/mol. The van der Waals surface area contributed by atoms with Crippen molar-refractivity contribution >= 4 is 45.9 Å². The molecule has 1 atom stereocenters. The van der Waals surface area contributed by atoms with Crippen molar-refractivity contribution in [2.45, 2.75) is 70.6 Å². The number of Topliss-reactive ketones (excluding diaryl/α,β-unsaturated/α-hetero) is 1. The smallest absolute Gasteiger partial charge is 0.298 e. The average Bonchev–Trinajstić information content (AvgIpc) is 3.49. The van der Waals surface area contributed by atoms with Gasteiger partial charge in [0, 0.05) is 53.3 Å². The minimum atomic E-state index is -5.62. The number of thiophene rings is 2. The molecule has 5 rings (SSSR count). The van der Waals surface area contributed by atoms with E-state index in [0.717, 1.165) is 22.7 Å². The molecule has 0 saturated heterocycles. The Morgan fingerprint density at radius 2 is 1.51 bits per heavy atom. The van der Waals surface area contributed by atoms with Crippen molar-refractivity contribution in [1.82, 2.24) is 0 Å². The van der Waals surface area contributed by atoms with Gasteiger partial charge >= 0.3 is 17.8 Å². The highest BCUT2D eigenvalue weighted by Gasteiger charge is 2.80. The lowest BCUT2D eigenvalue weighted by Crippen LogP contribution is -2.48. The molecule has 3 aliphatic rings. The van der Waals surface area contributed by atoms with Crippen molar-refractivity contribution in [1.29, 1.82) is 0 Å². The van der Waals surface area contributed by atoms with Gasteiger partial charge in [0.25, 0.3) is 0 Å². The van der Waals surface area contributed by atoms with Gasteiger partial charge < -0.3 is 0 Å². The van der Waals surface area contributed by atoms with Crippen LogP contribution in [0.5, 0.6) is 0 Å².